The van der Waals surface area contributed by atoms with E-state index in [2.05, 4.69) is 18.7 Å². The molecule has 58 valence electrons. The van der Waals surface area contributed by atoms with Crippen LogP contribution < -0.4 is 5.31 Å². The van der Waals surface area contributed by atoms with Crippen LogP contribution in [-0.2, 0) is 0 Å². The third kappa shape index (κ3) is 0.867. The third-order valence-corrected chi connectivity index (χ3v) is 2.67. The van der Waals surface area contributed by atoms with Crippen molar-refractivity contribution in [2.45, 2.75) is 38.4 Å². The smallest absolute Gasteiger partial charge is 0.123 e. The molecule has 2 fully saturated rings. The number of piperazine rings is 1. The summed E-state index contributed by atoms with van der Waals surface area (Å²) in [6.07, 6.45) is 1.22. The average molecular weight is 141 g/mol. The zero-order valence-corrected chi connectivity index (χ0v) is 6.75. The van der Waals surface area contributed by atoms with Crippen LogP contribution in [0, 0.1) is 0 Å². The van der Waals surface area contributed by atoms with Crippen LogP contribution in [0.4, 0.5) is 0 Å². The molecule has 0 amide bonds. The average Bonchev–Trinajstić information content (AvgIpc) is 2.43. The Labute approximate surface area is 64.1 Å². The summed E-state index contributed by atoms with van der Waals surface area (Å²) in [7, 11) is 0. The molecule has 0 radical (unpaired) electrons. The summed E-state index contributed by atoms with van der Waals surface area (Å²) < 4.78 is 7.56. The van der Waals surface area contributed by atoms with Gasteiger partial charge in [0.1, 0.15) is 1.41 Å². The minimum Gasteiger partial charge on any atom is -0.311 e. The standard InChI is InChI=1S/C8H16N2/c1-6(2)10-5-7-3-8(10)4-9-7/h6-9H,3-5H2,1-2H3/i/hD. The van der Waals surface area contributed by atoms with Gasteiger partial charge in [0, 0.05) is 31.2 Å². The number of rotatable bonds is 1. The van der Waals surface area contributed by atoms with Gasteiger partial charge >= 0.3 is 0 Å². The molecule has 1 N–H and O–H groups in total. The molecule has 10 heavy (non-hydrogen) atoms. The molecular formula is C8H16N2. The van der Waals surface area contributed by atoms with E-state index >= 15 is 0 Å². The lowest BCUT2D eigenvalue weighted by molar-refractivity contribution is 0.181. The van der Waals surface area contributed by atoms with Crippen LogP contribution in [0.2, 0.25) is 1.41 Å². The van der Waals surface area contributed by atoms with Gasteiger partial charge in [-0.15, -0.1) is 0 Å². The number of hydrogen-bond acceptors (Lipinski definition) is 2. The Morgan fingerprint density at radius 1 is 1.70 bits per heavy atom. The Morgan fingerprint density at radius 2 is 2.50 bits per heavy atom. The van der Waals surface area contributed by atoms with Crippen molar-refractivity contribution >= 4 is 0 Å². The summed E-state index contributed by atoms with van der Waals surface area (Å²) in [5.41, 5.74) is 0. The highest BCUT2D eigenvalue weighted by Gasteiger charge is 2.38. The van der Waals surface area contributed by atoms with Gasteiger partial charge in [-0.05, 0) is 20.3 Å². The lowest BCUT2D eigenvalue weighted by Crippen LogP contribution is -2.46. The van der Waals surface area contributed by atoms with Crippen LogP contribution in [0.25, 0.3) is 0 Å². The van der Waals surface area contributed by atoms with Crippen molar-refractivity contribution in [3.63, 3.8) is 0 Å². The summed E-state index contributed by atoms with van der Waals surface area (Å²) >= 11 is 0. The topological polar surface area (TPSA) is 15.3 Å². The maximum Gasteiger partial charge on any atom is 0.123 e. The summed E-state index contributed by atoms with van der Waals surface area (Å²) in [6, 6.07) is 1.87. The monoisotopic (exact) mass is 141 g/mol. The molecule has 2 aliphatic rings. The quantitative estimate of drug-likeness (QED) is 0.570. The summed E-state index contributed by atoms with van der Waals surface area (Å²) in [6.45, 7) is 6.57. The molecule has 2 bridgehead atoms. The Balaban J connectivity index is 2.02. The zero-order valence-electron chi connectivity index (χ0n) is 7.75. The molecule has 2 saturated heterocycles. The second kappa shape index (κ2) is 2.21. The van der Waals surface area contributed by atoms with Crippen molar-refractivity contribution in [1.82, 2.24) is 10.2 Å². The molecule has 0 aliphatic carbocycles. The van der Waals surface area contributed by atoms with Crippen LogP contribution in [0.1, 0.15) is 20.3 Å². The summed E-state index contributed by atoms with van der Waals surface area (Å²) in [5, 5.41) is 1.75. The predicted octanol–water partition coefficient (Wildman–Crippen LogP) is 0.441. The molecule has 2 atom stereocenters. The zero-order chi connectivity index (χ0) is 8.01. The van der Waals surface area contributed by atoms with Crippen LogP contribution in [0.5, 0.6) is 0 Å². The first kappa shape index (κ1) is 5.56. The first-order valence-corrected chi connectivity index (χ1v) is 4.19. The van der Waals surface area contributed by atoms with Crippen LogP contribution in [-0.4, -0.2) is 36.1 Å². The molecule has 2 heteroatoms. The van der Waals surface area contributed by atoms with Crippen molar-refractivity contribution in [2.75, 3.05) is 13.1 Å². The van der Waals surface area contributed by atoms with Crippen LogP contribution in [0.15, 0.2) is 0 Å². The molecule has 0 aromatic heterocycles. The Kier molecular flexibility index (Phi) is 1.23. The minimum absolute atomic E-state index is 0.530. The molecule has 0 aromatic carbocycles. The largest absolute Gasteiger partial charge is 0.311 e. The molecule has 2 rings (SSSR count). The number of likely N-dealkylation sites (tertiary alicyclic amines) is 1. The van der Waals surface area contributed by atoms with Gasteiger partial charge in [-0.2, -0.15) is 0 Å². The van der Waals surface area contributed by atoms with Crippen LogP contribution >= 0.6 is 0 Å². The van der Waals surface area contributed by atoms with E-state index in [1.54, 1.807) is 5.31 Å². The molecule has 2 heterocycles. The van der Waals surface area contributed by atoms with Crippen molar-refractivity contribution < 1.29 is 1.41 Å². The number of hydrogen-bond donors (Lipinski definition) is 1. The lowest BCUT2D eigenvalue weighted by Gasteiger charge is -2.30. The fourth-order valence-corrected chi connectivity index (χ4v) is 2.13. The number of nitrogens with one attached hydrogen (secondary N) is 1. The van der Waals surface area contributed by atoms with Gasteiger partial charge in [-0.25, -0.2) is 0 Å². The van der Waals surface area contributed by atoms with E-state index in [1.807, 2.05) is 0 Å². The van der Waals surface area contributed by atoms with E-state index in [9.17, 15) is 0 Å². The minimum atomic E-state index is 0.530. The van der Waals surface area contributed by atoms with E-state index in [-0.39, 0.29) is 0 Å². The van der Waals surface area contributed by atoms with Gasteiger partial charge in [0.25, 0.3) is 0 Å². The van der Waals surface area contributed by atoms with E-state index in [4.69, 9.17) is 1.41 Å². The predicted molar refractivity (Wildman–Crippen MR) is 42.0 cm³/mol. The Bertz CT molecular complexity index is 158. The highest BCUT2D eigenvalue weighted by molar-refractivity contribution is 4.98. The molecule has 0 saturated carbocycles. The third-order valence-electron chi connectivity index (χ3n) is 2.67. The van der Waals surface area contributed by atoms with Gasteiger partial charge < -0.3 is 5.31 Å². The van der Waals surface area contributed by atoms with E-state index in [0.717, 1.165) is 13.1 Å². The lowest BCUT2D eigenvalue weighted by atomic mass is 10.2. The molecular weight excluding hydrogens is 124 g/mol. The first-order chi connectivity index (χ1) is 5.18. The second-order valence-electron chi connectivity index (χ2n) is 3.70. The fraction of sp³-hybridized carbons (Fsp3) is 1.00. The Hall–Kier alpha value is -0.0800. The van der Waals surface area contributed by atoms with Gasteiger partial charge in [0.2, 0.25) is 0 Å². The van der Waals surface area contributed by atoms with Crippen molar-refractivity contribution in [1.29, 1.82) is 0 Å². The van der Waals surface area contributed by atoms with Crippen molar-refractivity contribution in [2.24, 2.45) is 0 Å². The Morgan fingerprint density at radius 3 is 2.90 bits per heavy atom. The van der Waals surface area contributed by atoms with E-state index in [0.29, 0.717) is 18.1 Å². The first-order valence-electron chi connectivity index (χ1n) is 4.64. The van der Waals surface area contributed by atoms with Crippen molar-refractivity contribution in [3.05, 3.63) is 0 Å². The normalized spacial score (nSPS) is 43.3. The van der Waals surface area contributed by atoms with Gasteiger partial charge in [0.15, 0.2) is 0 Å². The highest BCUT2D eigenvalue weighted by Crippen LogP contribution is 2.24. The molecule has 2 unspecified atom stereocenters. The van der Waals surface area contributed by atoms with Crippen molar-refractivity contribution in [3.8, 4) is 0 Å². The molecule has 0 aromatic rings. The number of nitrogens with zero attached hydrogens (tertiary/aromatic N) is 1. The molecule has 2 nitrogen and oxygen atoms in total. The van der Waals surface area contributed by atoms with Gasteiger partial charge in [-0.3, -0.25) is 4.90 Å². The summed E-state index contributed by atoms with van der Waals surface area (Å²) in [5.74, 6) is 0. The van der Waals surface area contributed by atoms with E-state index < -0.39 is 0 Å². The fourth-order valence-electron chi connectivity index (χ4n) is 2.13. The SMILES string of the molecule is [2H]N1CC2CC1CN2C(C)C. The maximum absolute atomic E-state index is 7.56. The van der Waals surface area contributed by atoms with E-state index in [1.165, 1.54) is 6.42 Å². The summed E-state index contributed by atoms with van der Waals surface area (Å²) in [4.78, 5) is 2.52. The molecule has 0 spiro atoms. The second-order valence-corrected chi connectivity index (χ2v) is 3.70. The maximum atomic E-state index is 7.56. The van der Waals surface area contributed by atoms with Gasteiger partial charge in [-0.1, -0.05) is 0 Å². The number of fused-ring (bicyclic) bond motifs is 2. The van der Waals surface area contributed by atoms with Crippen LogP contribution in [0.3, 0.4) is 0 Å². The molecule has 2 aliphatic heterocycles. The highest BCUT2D eigenvalue weighted by atomic mass is 15.3. The van der Waals surface area contributed by atoms with Gasteiger partial charge in [0.05, 0.1) is 0 Å².